The lowest BCUT2D eigenvalue weighted by Gasteiger charge is -2.18. The maximum atomic E-state index is 9.23. The molecule has 11 heavy (non-hydrogen) atoms. The van der Waals surface area contributed by atoms with Crippen LogP contribution in [0.15, 0.2) is 11.1 Å². The van der Waals surface area contributed by atoms with Crippen LogP contribution in [0.1, 0.15) is 32.6 Å². The van der Waals surface area contributed by atoms with E-state index in [0.717, 1.165) is 24.8 Å². The third-order valence-electron chi connectivity index (χ3n) is 2.25. The number of rotatable bonds is 1. The molecule has 1 N–H and O–H groups in total. The number of aliphatic hydroxyl groups excluding tert-OH is 1. The molecular formula is C9H13NO. The smallest absolute Gasteiger partial charge is 0.162 e. The fourth-order valence-electron chi connectivity index (χ4n) is 1.53. The molecule has 1 rings (SSSR count). The van der Waals surface area contributed by atoms with Crippen molar-refractivity contribution in [1.29, 1.82) is 5.26 Å². The molecule has 0 saturated heterocycles. The summed E-state index contributed by atoms with van der Waals surface area (Å²) in [5.74, 6) is 0. The molecule has 1 unspecified atom stereocenters. The quantitative estimate of drug-likeness (QED) is 0.458. The van der Waals surface area contributed by atoms with Crippen LogP contribution in [-0.2, 0) is 0 Å². The standard InChI is InChI=1S/C9H13NO/c1-7-4-2-3-5-8(7)9(11)6-10/h9,11H,2-5H2,1H3. The van der Waals surface area contributed by atoms with Crippen LogP contribution in [0, 0.1) is 11.3 Å². The zero-order chi connectivity index (χ0) is 8.27. The molecule has 1 aliphatic rings. The Bertz CT molecular complexity index is 212. The van der Waals surface area contributed by atoms with E-state index in [0.29, 0.717) is 0 Å². The van der Waals surface area contributed by atoms with Crippen LogP contribution in [0.5, 0.6) is 0 Å². The Morgan fingerprint density at radius 3 is 2.64 bits per heavy atom. The Labute approximate surface area is 67.2 Å². The Balaban J connectivity index is 2.75. The summed E-state index contributed by atoms with van der Waals surface area (Å²) in [6.07, 6.45) is 3.42. The van der Waals surface area contributed by atoms with Gasteiger partial charge in [-0.3, -0.25) is 0 Å². The molecule has 0 spiro atoms. The number of aliphatic hydroxyl groups is 1. The zero-order valence-electron chi connectivity index (χ0n) is 6.80. The number of hydrogen-bond donors (Lipinski definition) is 1. The van der Waals surface area contributed by atoms with Crippen molar-refractivity contribution in [2.45, 2.75) is 38.7 Å². The fourth-order valence-corrected chi connectivity index (χ4v) is 1.53. The van der Waals surface area contributed by atoms with Gasteiger partial charge in [0.25, 0.3) is 0 Å². The molecule has 0 radical (unpaired) electrons. The average molecular weight is 151 g/mol. The predicted molar refractivity (Wildman–Crippen MR) is 42.8 cm³/mol. The fraction of sp³-hybridized carbons (Fsp3) is 0.667. The lowest BCUT2D eigenvalue weighted by atomic mass is 9.90. The van der Waals surface area contributed by atoms with Crippen molar-refractivity contribution in [1.82, 2.24) is 0 Å². The molecule has 0 aliphatic heterocycles. The summed E-state index contributed by atoms with van der Waals surface area (Å²) in [6.45, 7) is 2.01. The van der Waals surface area contributed by atoms with Gasteiger partial charge in [0.05, 0.1) is 6.07 Å². The molecule has 0 saturated carbocycles. The van der Waals surface area contributed by atoms with E-state index in [-0.39, 0.29) is 0 Å². The highest BCUT2D eigenvalue weighted by molar-refractivity contribution is 5.23. The minimum absolute atomic E-state index is 0.852. The molecule has 0 bridgehead atoms. The van der Waals surface area contributed by atoms with Crippen LogP contribution < -0.4 is 0 Å². The second-order valence-corrected chi connectivity index (χ2v) is 3.04. The first-order valence-electron chi connectivity index (χ1n) is 4.02. The highest BCUT2D eigenvalue weighted by atomic mass is 16.3. The number of allylic oxidation sites excluding steroid dienone is 1. The van der Waals surface area contributed by atoms with E-state index in [9.17, 15) is 5.11 Å². The molecule has 0 heterocycles. The van der Waals surface area contributed by atoms with Gasteiger partial charge in [0.1, 0.15) is 0 Å². The van der Waals surface area contributed by atoms with Crippen molar-refractivity contribution < 1.29 is 5.11 Å². The highest BCUT2D eigenvalue weighted by Gasteiger charge is 2.15. The predicted octanol–water partition coefficient (Wildman–Crippen LogP) is 1.76. The van der Waals surface area contributed by atoms with Crippen molar-refractivity contribution in [3.05, 3.63) is 11.1 Å². The van der Waals surface area contributed by atoms with Crippen molar-refractivity contribution in [3.63, 3.8) is 0 Å². The molecule has 0 fully saturated rings. The number of nitriles is 1. The molecular weight excluding hydrogens is 138 g/mol. The van der Waals surface area contributed by atoms with Crippen LogP contribution >= 0.6 is 0 Å². The highest BCUT2D eigenvalue weighted by Crippen LogP contribution is 2.26. The maximum Gasteiger partial charge on any atom is 0.162 e. The first kappa shape index (κ1) is 8.29. The summed E-state index contributed by atoms with van der Waals surface area (Å²) in [7, 11) is 0. The molecule has 2 heteroatoms. The number of nitrogens with zero attached hydrogens (tertiary/aromatic N) is 1. The van der Waals surface area contributed by atoms with E-state index in [1.807, 2.05) is 13.0 Å². The molecule has 2 nitrogen and oxygen atoms in total. The summed E-state index contributed by atoms with van der Waals surface area (Å²) in [5, 5.41) is 17.7. The molecule has 0 aromatic carbocycles. The lowest BCUT2D eigenvalue weighted by molar-refractivity contribution is 0.256. The van der Waals surface area contributed by atoms with E-state index < -0.39 is 6.10 Å². The normalized spacial score (nSPS) is 21.2. The SMILES string of the molecule is CC1=C(C(O)C#N)CCCC1. The molecule has 1 aliphatic carbocycles. The monoisotopic (exact) mass is 151 g/mol. The summed E-state index contributed by atoms with van der Waals surface area (Å²) < 4.78 is 0. The minimum Gasteiger partial charge on any atom is -0.374 e. The minimum atomic E-state index is -0.852. The van der Waals surface area contributed by atoms with Crippen molar-refractivity contribution in [2.24, 2.45) is 0 Å². The Morgan fingerprint density at radius 2 is 2.09 bits per heavy atom. The largest absolute Gasteiger partial charge is 0.374 e. The Morgan fingerprint density at radius 1 is 1.45 bits per heavy atom. The van der Waals surface area contributed by atoms with Crippen LogP contribution in [0.25, 0.3) is 0 Å². The topological polar surface area (TPSA) is 44.0 Å². The van der Waals surface area contributed by atoms with Gasteiger partial charge in [-0.25, -0.2) is 0 Å². The molecule has 0 aromatic rings. The third-order valence-corrected chi connectivity index (χ3v) is 2.25. The van der Waals surface area contributed by atoms with E-state index in [2.05, 4.69) is 0 Å². The molecule has 0 aromatic heterocycles. The van der Waals surface area contributed by atoms with Crippen LogP contribution in [-0.4, -0.2) is 11.2 Å². The molecule has 1 atom stereocenters. The lowest BCUT2D eigenvalue weighted by Crippen LogP contribution is -2.12. The van der Waals surface area contributed by atoms with Gasteiger partial charge < -0.3 is 5.11 Å². The maximum absolute atomic E-state index is 9.23. The Kier molecular flexibility index (Phi) is 2.67. The van der Waals surface area contributed by atoms with Gasteiger partial charge in [0.15, 0.2) is 6.10 Å². The van der Waals surface area contributed by atoms with Gasteiger partial charge >= 0.3 is 0 Å². The van der Waals surface area contributed by atoms with Gasteiger partial charge in [-0.15, -0.1) is 0 Å². The second kappa shape index (κ2) is 3.54. The number of hydrogen-bond acceptors (Lipinski definition) is 2. The zero-order valence-corrected chi connectivity index (χ0v) is 6.80. The van der Waals surface area contributed by atoms with E-state index in [1.165, 1.54) is 12.0 Å². The van der Waals surface area contributed by atoms with Crippen LogP contribution in [0.3, 0.4) is 0 Å². The molecule has 60 valence electrons. The van der Waals surface area contributed by atoms with Crippen molar-refractivity contribution in [3.8, 4) is 6.07 Å². The van der Waals surface area contributed by atoms with Gasteiger partial charge in [0.2, 0.25) is 0 Å². The van der Waals surface area contributed by atoms with Crippen LogP contribution in [0.2, 0.25) is 0 Å². The van der Waals surface area contributed by atoms with E-state index in [4.69, 9.17) is 5.26 Å². The van der Waals surface area contributed by atoms with Crippen molar-refractivity contribution in [2.75, 3.05) is 0 Å². The summed E-state index contributed by atoms with van der Waals surface area (Å²) >= 11 is 0. The van der Waals surface area contributed by atoms with E-state index in [1.54, 1.807) is 0 Å². The summed E-state index contributed by atoms with van der Waals surface area (Å²) in [4.78, 5) is 0. The second-order valence-electron chi connectivity index (χ2n) is 3.04. The average Bonchev–Trinajstić information content (AvgIpc) is 2.04. The summed E-state index contributed by atoms with van der Waals surface area (Å²) in [6, 6.07) is 1.86. The third kappa shape index (κ3) is 1.81. The van der Waals surface area contributed by atoms with Gasteiger partial charge in [-0.2, -0.15) is 5.26 Å². The first-order chi connectivity index (χ1) is 5.25. The van der Waals surface area contributed by atoms with Crippen LogP contribution in [0.4, 0.5) is 0 Å². The Hall–Kier alpha value is -0.810. The van der Waals surface area contributed by atoms with Gasteiger partial charge in [-0.05, 0) is 38.2 Å². The van der Waals surface area contributed by atoms with Gasteiger partial charge in [-0.1, -0.05) is 5.57 Å². The first-order valence-corrected chi connectivity index (χ1v) is 4.02. The van der Waals surface area contributed by atoms with Gasteiger partial charge in [0, 0.05) is 0 Å². The molecule has 0 amide bonds. The summed E-state index contributed by atoms with van der Waals surface area (Å²) in [5.41, 5.74) is 2.17. The van der Waals surface area contributed by atoms with E-state index >= 15 is 0 Å². The van der Waals surface area contributed by atoms with Crippen molar-refractivity contribution >= 4 is 0 Å².